The predicted molar refractivity (Wildman–Crippen MR) is 64.3 cm³/mol. The maximum absolute atomic E-state index is 12.0. The molecule has 1 heterocycles. The fraction of sp³-hybridized carbons (Fsp3) is 0.917. The number of hydrogen-bond acceptors (Lipinski definition) is 3. The van der Waals surface area contributed by atoms with E-state index in [0.29, 0.717) is 25.6 Å². The van der Waals surface area contributed by atoms with Crippen LogP contribution in [0.15, 0.2) is 0 Å². The Hall–Kier alpha value is -0.610. The molecule has 1 aliphatic heterocycles. The molecule has 0 aromatic heterocycles. The molecular formula is C12H24N2O2. The second-order valence-electron chi connectivity index (χ2n) is 4.81. The molecule has 1 unspecified atom stereocenters. The molecule has 1 rings (SSSR count). The zero-order chi connectivity index (χ0) is 12.0. The maximum atomic E-state index is 12.0. The average molecular weight is 228 g/mol. The Bertz CT molecular complexity index is 217. The van der Waals surface area contributed by atoms with Gasteiger partial charge in [-0.15, -0.1) is 0 Å². The van der Waals surface area contributed by atoms with Gasteiger partial charge in [-0.2, -0.15) is 0 Å². The number of likely N-dealkylation sites (N-methyl/N-ethyl adjacent to an activating group) is 1. The summed E-state index contributed by atoms with van der Waals surface area (Å²) in [6.45, 7) is 7.19. The van der Waals surface area contributed by atoms with E-state index in [1.807, 2.05) is 11.9 Å². The summed E-state index contributed by atoms with van der Waals surface area (Å²) in [4.78, 5) is 14.0. The minimum Gasteiger partial charge on any atom is -0.377 e. The molecule has 4 heteroatoms. The van der Waals surface area contributed by atoms with Crippen LogP contribution in [0, 0.1) is 5.92 Å². The fourth-order valence-corrected chi connectivity index (χ4v) is 1.94. The van der Waals surface area contributed by atoms with Crippen molar-refractivity contribution in [3.05, 3.63) is 0 Å². The van der Waals surface area contributed by atoms with Crippen LogP contribution in [0.3, 0.4) is 0 Å². The molecule has 0 bridgehead atoms. The van der Waals surface area contributed by atoms with Crippen molar-refractivity contribution in [2.24, 2.45) is 5.92 Å². The highest BCUT2D eigenvalue weighted by Gasteiger charge is 2.26. The summed E-state index contributed by atoms with van der Waals surface area (Å²) in [6, 6.07) is 0.207. The zero-order valence-electron chi connectivity index (χ0n) is 10.7. The van der Waals surface area contributed by atoms with Gasteiger partial charge < -0.3 is 15.0 Å². The van der Waals surface area contributed by atoms with Gasteiger partial charge in [0, 0.05) is 19.5 Å². The average Bonchev–Trinajstić information content (AvgIpc) is 2.27. The van der Waals surface area contributed by atoms with Crippen molar-refractivity contribution in [3.63, 3.8) is 0 Å². The first-order valence-electron chi connectivity index (χ1n) is 6.17. The van der Waals surface area contributed by atoms with Gasteiger partial charge in [0.05, 0.1) is 19.3 Å². The highest BCUT2D eigenvalue weighted by molar-refractivity contribution is 5.76. The van der Waals surface area contributed by atoms with Gasteiger partial charge in [0.2, 0.25) is 5.91 Å². The van der Waals surface area contributed by atoms with Gasteiger partial charge in [-0.25, -0.2) is 0 Å². The lowest BCUT2D eigenvalue weighted by atomic mass is 10.1. The van der Waals surface area contributed by atoms with Crippen molar-refractivity contribution in [2.45, 2.75) is 32.7 Å². The largest absolute Gasteiger partial charge is 0.377 e. The number of carbonyl (C=O) groups is 1. The minimum absolute atomic E-state index is 0.207. The summed E-state index contributed by atoms with van der Waals surface area (Å²) in [7, 11) is 1.91. The molecule has 94 valence electrons. The van der Waals surface area contributed by atoms with Crippen molar-refractivity contribution < 1.29 is 9.53 Å². The van der Waals surface area contributed by atoms with Crippen LogP contribution in [0.25, 0.3) is 0 Å². The first-order valence-corrected chi connectivity index (χ1v) is 6.17. The first kappa shape index (κ1) is 13.5. The molecule has 1 amide bonds. The molecule has 0 radical (unpaired) electrons. The van der Waals surface area contributed by atoms with Gasteiger partial charge in [-0.3, -0.25) is 4.79 Å². The van der Waals surface area contributed by atoms with E-state index in [4.69, 9.17) is 4.74 Å². The highest BCUT2D eigenvalue weighted by Crippen LogP contribution is 2.11. The van der Waals surface area contributed by atoms with Gasteiger partial charge in [0.1, 0.15) is 0 Å². The van der Waals surface area contributed by atoms with E-state index in [-0.39, 0.29) is 11.9 Å². The van der Waals surface area contributed by atoms with Crippen LogP contribution in [0.1, 0.15) is 26.7 Å². The van der Waals surface area contributed by atoms with E-state index >= 15 is 0 Å². The third kappa shape index (κ3) is 4.10. The second-order valence-corrected chi connectivity index (χ2v) is 4.81. The standard InChI is InChI=1S/C12H24N2O2/c1-10(2)4-5-12(15)14-6-7-16-9-11(14)8-13-3/h10-11,13H,4-9H2,1-3H3. The molecule has 1 aliphatic rings. The second kappa shape index (κ2) is 6.86. The van der Waals surface area contributed by atoms with E-state index < -0.39 is 0 Å². The molecule has 0 spiro atoms. The van der Waals surface area contributed by atoms with Gasteiger partial charge in [0.15, 0.2) is 0 Å². The van der Waals surface area contributed by atoms with Crippen LogP contribution < -0.4 is 5.32 Å². The predicted octanol–water partition coefficient (Wildman–Crippen LogP) is 0.869. The molecule has 1 N–H and O–H groups in total. The number of amides is 1. The quantitative estimate of drug-likeness (QED) is 0.759. The summed E-state index contributed by atoms with van der Waals surface area (Å²) in [5.74, 6) is 0.866. The van der Waals surface area contributed by atoms with Crippen LogP contribution in [0.4, 0.5) is 0 Å². The fourth-order valence-electron chi connectivity index (χ4n) is 1.94. The smallest absolute Gasteiger partial charge is 0.223 e. The van der Waals surface area contributed by atoms with Gasteiger partial charge >= 0.3 is 0 Å². The zero-order valence-corrected chi connectivity index (χ0v) is 10.7. The number of rotatable bonds is 5. The summed E-state index contributed by atoms with van der Waals surface area (Å²) in [6.07, 6.45) is 1.64. The Labute approximate surface area is 98.3 Å². The van der Waals surface area contributed by atoms with E-state index in [2.05, 4.69) is 19.2 Å². The Morgan fingerprint density at radius 1 is 1.56 bits per heavy atom. The molecule has 0 aromatic rings. The first-order chi connectivity index (χ1) is 7.65. The number of nitrogens with one attached hydrogen (secondary N) is 1. The summed E-state index contributed by atoms with van der Waals surface area (Å²) in [5, 5.41) is 3.11. The lowest BCUT2D eigenvalue weighted by Gasteiger charge is -2.35. The van der Waals surface area contributed by atoms with E-state index in [0.717, 1.165) is 19.5 Å². The van der Waals surface area contributed by atoms with Crippen molar-refractivity contribution in [1.82, 2.24) is 10.2 Å². The third-order valence-corrected chi connectivity index (χ3v) is 2.92. The van der Waals surface area contributed by atoms with Gasteiger partial charge in [0.25, 0.3) is 0 Å². The SMILES string of the molecule is CNCC1COCCN1C(=O)CCC(C)C. The molecule has 1 fully saturated rings. The topological polar surface area (TPSA) is 41.6 Å². The van der Waals surface area contributed by atoms with Crippen molar-refractivity contribution in [2.75, 3.05) is 33.4 Å². The Morgan fingerprint density at radius 2 is 2.31 bits per heavy atom. The molecule has 4 nitrogen and oxygen atoms in total. The van der Waals surface area contributed by atoms with Crippen LogP contribution in [0.5, 0.6) is 0 Å². The summed E-state index contributed by atoms with van der Waals surface area (Å²) < 4.78 is 5.41. The monoisotopic (exact) mass is 228 g/mol. The van der Waals surface area contributed by atoms with Crippen molar-refractivity contribution >= 4 is 5.91 Å². The highest BCUT2D eigenvalue weighted by atomic mass is 16.5. The minimum atomic E-state index is 0.207. The Balaban J connectivity index is 2.43. The van der Waals surface area contributed by atoms with Crippen LogP contribution in [-0.2, 0) is 9.53 Å². The van der Waals surface area contributed by atoms with Crippen LogP contribution in [0.2, 0.25) is 0 Å². The number of carbonyl (C=O) groups excluding carboxylic acids is 1. The number of hydrogen-bond donors (Lipinski definition) is 1. The van der Waals surface area contributed by atoms with Gasteiger partial charge in [-0.05, 0) is 19.4 Å². The van der Waals surface area contributed by atoms with E-state index in [9.17, 15) is 4.79 Å². The third-order valence-electron chi connectivity index (χ3n) is 2.92. The Morgan fingerprint density at radius 3 is 2.94 bits per heavy atom. The summed E-state index contributed by atoms with van der Waals surface area (Å²) >= 11 is 0. The Kier molecular flexibility index (Phi) is 5.77. The molecule has 1 atom stereocenters. The number of morpholine rings is 1. The molecular weight excluding hydrogens is 204 g/mol. The maximum Gasteiger partial charge on any atom is 0.223 e. The van der Waals surface area contributed by atoms with E-state index in [1.54, 1.807) is 0 Å². The molecule has 1 saturated heterocycles. The molecule has 0 aliphatic carbocycles. The normalized spacial score (nSPS) is 21.5. The van der Waals surface area contributed by atoms with Crippen molar-refractivity contribution in [1.29, 1.82) is 0 Å². The van der Waals surface area contributed by atoms with Crippen molar-refractivity contribution in [3.8, 4) is 0 Å². The summed E-state index contributed by atoms with van der Waals surface area (Å²) in [5.41, 5.74) is 0. The van der Waals surface area contributed by atoms with E-state index in [1.165, 1.54) is 0 Å². The lowest BCUT2D eigenvalue weighted by molar-refractivity contribution is -0.139. The van der Waals surface area contributed by atoms with Crippen LogP contribution in [-0.4, -0.2) is 50.2 Å². The number of ether oxygens (including phenoxy) is 1. The number of nitrogens with zero attached hydrogens (tertiary/aromatic N) is 1. The molecule has 16 heavy (non-hydrogen) atoms. The molecule has 0 aromatic carbocycles. The lowest BCUT2D eigenvalue weighted by Crippen LogP contribution is -2.52. The van der Waals surface area contributed by atoms with Gasteiger partial charge in [-0.1, -0.05) is 13.8 Å². The van der Waals surface area contributed by atoms with Crippen LogP contribution >= 0.6 is 0 Å². The molecule has 0 saturated carbocycles.